The van der Waals surface area contributed by atoms with Crippen molar-refractivity contribution in [3.63, 3.8) is 0 Å². The molecule has 0 aliphatic carbocycles. The number of thiophene rings is 1. The van der Waals surface area contributed by atoms with Gasteiger partial charge < -0.3 is 9.80 Å². The number of thioether (sulfide) groups is 1. The summed E-state index contributed by atoms with van der Waals surface area (Å²) in [6, 6.07) is 12.7. The number of benzene rings is 1. The first-order valence-electron chi connectivity index (χ1n) is 10.1. The molecule has 0 saturated carbocycles. The van der Waals surface area contributed by atoms with E-state index in [1.54, 1.807) is 0 Å². The Hall–Kier alpha value is -1.83. The van der Waals surface area contributed by atoms with Crippen LogP contribution in [-0.4, -0.2) is 77.3 Å². The van der Waals surface area contributed by atoms with Crippen LogP contribution in [0.25, 0.3) is 0 Å². The Morgan fingerprint density at radius 2 is 1.72 bits per heavy atom. The summed E-state index contributed by atoms with van der Waals surface area (Å²) in [6.07, 6.45) is 0. The number of amides is 2. The highest BCUT2D eigenvalue weighted by Gasteiger charge is 2.30. The molecule has 1 unspecified atom stereocenters. The molecule has 2 aliphatic rings. The van der Waals surface area contributed by atoms with Crippen LogP contribution in [0.5, 0.6) is 0 Å². The largest absolute Gasteiger partial charge is 0.338 e. The van der Waals surface area contributed by atoms with Crippen molar-refractivity contribution in [2.75, 3.05) is 50.8 Å². The lowest BCUT2D eigenvalue weighted by Gasteiger charge is -2.39. The van der Waals surface area contributed by atoms with E-state index < -0.39 is 0 Å². The molecule has 2 amide bonds. The fourth-order valence-electron chi connectivity index (χ4n) is 3.91. The van der Waals surface area contributed by atoms with E-state index >= 15 is 0 Å². The SMILES string of the molecule is Cc1ccc(C2CSCCN2CC(=O)N2CCN(C(=O)c3cccs3)CC2)cc1. The summed E-state index contributed by atoms with van der Waals surface area (Å²) in [6.45, 7) is 5.95. The summed E-state index contributed by atoms with van der Waals surface area (Å²) in [4.78, 5) is 32.4. The molecule has 2 aliphatic heterocycles. The maximum atomic E-state index is 13.0. The first kappa shape index (κ1) is 20.4. The Labute approximate surface area is 180 Å². The monoisotopic (exact) mass is 429 g/mol. The predicted molar refractivity (Wildman–Crippen MR) is 120 cm³/mol. The topological polar surface area (TPSA) is 43.9 Å². The van der Waals surface area contributed by atoms with Crippen molar-refractivity contribution in [1.29, 1.82) is 0 Å². The van der Waals surface area contributed by atoms with E-state index in [4.69, 9.17) is 0 Å². The van der Waals surface area contributed by atoms with E-state index in [-0.39, 0.29) is 11.8 Å². The Balaban J connectivity index is 1.34. The smallest absolute Gasteiger partial charge is 0.264 e. The highest BCUT2D eigenvalue weighted by atomic mass is 32.2. The number of hydrogen-bond acceptors (Lipinski definition) is 5. The minimum Gasteiger partial charge on any atom is -0.338 e. The van der Waals surface area contributed by atoms with Crippen LogP contribution in [0, 0.1) is 6.92 Å². The van der Waals surface area contributed by atoms with Gasteiger partial charge in [0.15, 0.2) is 0 Å². The average Bonchev–Trinajstić information content (AvgIpc) is 3.29. The standard InChI is InChI=1S/C22H27N3O2S2/c1-17-4-6-18(7-5-17)19-16-28-14-12-25(19)15-21(26)23-8-10-24(11-9-23)22(27)20-3-2-13-29-20/h2-7,13,19H,8-12,14-16H2,1H3. The predicted octanol–water partition coefficient (Wildman–Crippen LogP) is 3.13. The molecule has 2 saturated heterocycles. The number of carbonyl (C=O) groups excluding carboxylic acids is 2. The van der Waals surface area contributed by atoms with Gasteiger partial charge >= 0.3 is 0 Å². The molecule has 3 heterocycles. The lowest BCUT2D eigenvalue weighted by atomic mass is 10.0. The minimum absolute atomic E-state index is 0.0830. The van der Waals surface area contributed by atoms with Gasteiger partial charge in [0.2, 0.25) is 5.91 Å². The van der Waals surface area contributed by atoms with Crippen molar-refractivity contribution in [2.45, 2.75) is 13.0 Å². The molecule has 0 N–H and O–H groups in total. The lowest BCUT2D eigenvalue weighted by Crippen LogP contribution is -2.53. The third-order valence-electron chi connectivity index (χ3n) is 5.69. The Morgan fingerprint density at radius 3 is 2.41 bits per heavy atom. The zero-order chi connectivity index (χ0) is 20.2. The summed E-state index contributed by atoms with van der Waals surface area (Å²) in [5.74, 6) is 2.36. The van der Waals surface area contributed by atoms with Crippen LogP contribution in [0.4, 0.5) is 0 Å². The summed E-state index contributed by atoms with van der Waals surface area (Å²) < 4.78 is 0. The van der Waals surface area contributed by atoms with Gasteiger partial charge in [0.25, 0.3) is 5.91 Å². The van der Waals surface area contributed by atoms with Gasteiger partial charge in [-0.05, 0) is 23.9 Å². The molecule has 5 nitrogen and oxygen atoms in total. The highest BCUT2D eigenvalue weighted by Crippen LogP contribution is 2.29. The number of piperazine rings is 1. The van der Waals surface area contributed by atoms with Gasteiger partial charge in [-0.1, -0.05) is 35.9 Å². The second-order valence-electron chi connectivity index (χ2n) is 7.62. The second-order valence-corrected chi connectivity index (χ2v) is 9.72. The molecule has 29 heavy (non-hydrogen) atoms. The molecule has 1 atom stereocenters. The maximum Gasteiger partial charge on any atom is 0.264 e. The van der Waals surface area contributed by atoms with Crippen molar-refractivity contribution < 1.29 is 9.59 Å². The number of carbonyl (C=O) groups is 2. The fourth-order valence-corrected chi connectivity index (χ4v) is 5.76. The van der Waals surface area contributed by atoms with Gasteiger partial charge in [-0.3, -0.25) is 14.5 Å². The third kappa shape index (κ3) is 4.85. The van der Waals surface area contributed by atoms with Crippen LogP contribution in [0.3, 0.4) is 0 Å². The molecular weight excluding hydrogens is 402 g/mol. The van der Waals surface area contributed by atoms with Crippen LogP contribution < -0.4 is 0 Å². The Kier molecular flexibility index (Phi) is 6.57. The Bertz CT molecular complexity index is 830. The molecule has 0 bridgehead atoms. The first-order valence-corrected chi connectivity index (χ1v) is 12.1. The number of hydrogen-bond donors (Lipinski definition) is 0. The molecule has 1 aromatic carbocycles. The van der Waals surface area contributed by atoms with E-state index in [2.05, 4.69) is 36.1 Å². The van der Waals surface area contributed by atoms with Crippen LogP contribution in [0.2, 0.25) is 0 Å². The van der Waals surface area contributed by atoms with Gasteiger partial charge in [-0.15, -0.1) is 11.3 Å². The minimum atomic E-state index is 0.0830. The van der Waals surface area contributed by atoms with Crippen molar-refractivity contribution in [3.8, 4) is 0 Å². The van der Waals surface area contributed by atoms with Crippen molar-refractivity contribution in [1.82, 2.24) is 14.7 Å². The summed E-state index contributed by atoms with van der Waals surface area (Å²) in [5, 5.41) is 1.92. The van der Waals surface area contributed by atoms with E-state index in [1.807, 2.05) is 39.1 Å². The van der Waals surface area contributed by atoms with E-state index in [0.29, 0.717) is 38.8 Å². The van der Waals surface area contributed by atoms with E-state index in [1.165, 1.54) is 22.5 Å². The molecule has 0 radical (unpaired) electrons. The van der Waals surface area contributed by atoms with Crippen LogP contribution in [-0.2, 0) is 4.79 Å². The zero-order valence-corrected chi connectivity index (χ0v) is 18.4. The van der Waals surface area contributed by atoms with Crippen molar-refractivity contribution in [3.05, 3.63) is 57.8 Å². The molecule has 0 spiro atoms. The highest BCUT2D eigenvalue weighted by molar-refractivity contribution is 7.99. The number of nitrogens with zero attached hydrogens (tertiary/aromatic N) is 3. The van der Waals surface area contributed by atoms with Gasteiger partial charge in [-0.2, -0.15) is 11.8 Å². The van der Waals surface area contributed by atoms with Gasteiger partial charge in [-0.25, -0.2) is 0 Å². The summed E-state index contributed by atoms with van der Waals surface area (Å²) >= 11 is 3.43. The summed E-state index contributed by atoms with van der Waals surface area (Å²) in [5.41, 5.74) is 2.55. The quantitative estimate of drug-likeness (QED) is 0.749. The molecule has 154 valence electrons. The molecule has 7 heteroatoms. The van der Waals surface area contributed by atoms with Crippen molar-refractivity contribution >= 4 is 34.9 Å². The number of aryl methyl sites for hydroxylation is 1. The maximum absolute atomic E-state index is 13.0. The van der Waals surface area contributed by atoms with Crippen LogP contribution >= 0.6 is 23.1 Å². The number of rotatable bonds is 4. The Morgan fingerprint density at radius 1 is 1.00 bits per heavy atom. The summed E-state index contributed by atoms with van der Waals surface area (Å²) in [7, 11) is 0. The van der Waals surface area contributed by atoms with Gasteiger partial charge in [0, 0.05) is 50.3 Å². The lowest BCUT2D eigenvalue weighted by molar-refractivity contribution is -0.134. The van der Waals surface area contributed by atoms with Gasteiger partial charge in [0.1, 0.15) is 0 Å². The van der Waals surface area contributed by atoms with E-state index in [9.17, 15) is 9.59 Å². The zero-order valence-electron chi connectivity index (χ0n) is 16.8. The van der Waals surface area contributed by atoms with E-state index in [0.717, 1.165) is 22.9 Å². The van der Waals surface area contributed by atoms with Crippen molar-refractivity contribution in [2.24, 2.45) is 0 Å². The van der Waals surface area contributed by atoms with Crippen LogP contribution in [0.15, 0.2) is 41.8 Å². The van der Waals surface area contributed by atoms with Crippen LogP contribution in [0.1, 0.15) is 26.8 Å². The third-order valence-corrected chi connectivity index (χ3v) is 7.57. The fraction of sp³-hybridized carbons (Fsp3) is 0.455. The van der Waals surface area contributed by atoms with Gasteiger partial charge in [0.05, 0.1) is 11.4 Å². The first-order chi connectivity index (χ1) is 14.1. The molecular formula is C22H27N3O2S2. The molecule has 4 rings (SSSR count). The average molecular weight is 430 g/mol. The molecule has 2 fully saturated rings. The normalized spacial score (nSPS) is 20.7. The second kappa shape index (κ2) is 9.32. The molecule has 2 aromatic rings. The molecule has 1 aromatic heterocycles.